The molecule has 0 fully saturated rings. The van der Waals surface area contributed by atoms with Crippen LogP contribution in [0.4, 0.5) is 13.2 Å². The van der Waals surface area contributed by atoms with Gasteiger partial charge in [0.15, 0.2) is 17.5 Å². The second-order valence-electron chi connectivity index (χ2n) is 3.72. The highest BCUT2D eigenvalue weighted by molar-refractivity contribution is 5.54. The molecule has 1 aromatic heterocycles. The van der Waals surface area contributed by atoms with Crippen LogP contribution in [0.15, 0.2) is 16.7 Å². The molecule has 2 rings (SSSR count). The molecule has 0 spiro atoms. The molecule has 98 valence electrons. The molecular formula is C12H8F3N3O. The van der Waals surface area contributed by atoms with Crippen LogP contribution in [-0.2, 0) is 0 Å². The van der Waals surface area contributed by atoms with Gasteiger partial charge >= 0.3 is 0 Å². The number of hydrogen-bond acceptors (Lipinski definition) is 4. The molecule has 0 bridgehead atoms. The van der Waals surface area contributed by atoms with Gasteiger partial charge < -0.3 is 10.3 Å². The van der Waals surface area contributed by atoms with Crippen molar-refractivity contribution in [3.05, 3.63) is 35.5 Å². The first-order valence-corrected chi connectivity index (χ1v) is 5.20. The summed E-state index contributed by atoms with van der Waals surface area (Å²) >= 11 is 0. The molecule has 4 nitrogen and oxygen atoms in total. The maximum absolute atomic E-state index is 13.1. The van der Waals surface area contributed by atoms with Crippen molar-refractivity contribution in [2.24, 2.45) is 5.73 Å². The highest BCUT2D eigenvalue weighted by Crippen LogP contribution is 2.22. The number of terminal acetylenes is 1. The molecule has 0 saturated heterocycles. The molecule has 1 heterocycles. The van der Waals surface area contributed by atoms with Crippen LogP contribution in [0.2, 0.25) is 0 Å². The van der Waals surface area contributed by atoms with E-state index in [0.717, 1.165) is 12.1 Å². The van der Waals surface area contributed by atoms with Gasteiger partial charge in [-0.05, 0) is 12.1 Å². The van der Waals surface area contributed by atoms with E-state index in [4.69, 9.17) is 16.7 Å². The van der Waals surface area contributed by atoms with Gasteiger partial charge in [0.2, 0.25) is 11.7 Å². The van der Waals surface area contributed by atoms with Crippen molar-refractivity contribution in [2.75, 3.05) is 0 Å². The van der Waals surface area contributed by atoms with Gasteiger partial charge in [0.1, 0.15) is 0 Å². The Morgan fingerprint density at radius 3 is 2.53 bits per heavy atom. The van der Waals surface area contributed by atoms with Gasteiger partial charge in [-0.25, -0.2) is 13.2 Å². The number of nitrogens with zero attached hydrogens (tertiary/aromatic N) is 2. The molecule has 0 saturated carbocycles. The predicted octanol–water partition coefficient (Wildman–Crippen LogP) is 2.18. The quantitative estimate of drug-likeness (QED) is 0.683. The zero-order chi connectivity index (χ0) is 14.0. The van der Waals surface area contributed by atoms with Gasteiger partial charge in [0.05, 0.1) is 6.04 Å². The maximum Gasteiger partial charge on any atom is 0.244 e. The first-order valence-electron chi connectivity index (χ1n) is 5.20. The Balaban J connectivity index is 2.36. The number of benzene rings is 1. The minimum atomic E-state index is -1.56. The predicted molar refractivity (Wildman–Crippen MR) is 60.0 cm³/mol. The van der Waals surface area contributed by atoms with Gasteiger partial charge in [0.25, 0.3) is 0 Å². The van der Waals surface area contributed by atoms with E-state index < -0.39 is 23.5 Å². The van der Waals surface area contributed by atoms with Crippen LogP contribution in [-0.4, -0.2) is 10.1 Å². The normalized spacial score (nSPS) is 12.2. The van der Waals surface area contributed by atoms with Crippen molar-refractivity contribution < 1.29 is 17.7 Å². The second kappa shape index (κ2) is 5.12. The average molecular weight is 267 g/mol. The van der Waals surface area contributed by atoms with E-state index in [9.17, 15) is 13.2 Å². The van der Waals surface area contributed by atoms with Gasteiger partial charge in [-0.3, -0.25) is 0 Å². The molecule has 0 radical (unpaired) electrons. The third kappa shape index (κ3) is 2.58. The van der Waals surface area contributed by atoms with E-state index in [1.54, 1.807) is 0 Å². The van der Waals surface area contributed by atoms with Crippen molar-refractivity contribution in [2.45, 2.75) is 12.5 Å². The molecular weight excluding hydrogens is 259 g/mol. The smallest absolute Gasteiger partial charge is 0.244 e. The van der Waals surface area contributed by atoms with E-state index in [1.807, 2.05) is 0 Å². The lowest BCUT2D eigenvalue weighted by Gasteiger charge is -1.99. The number of halogens is 3. The summed E-state index contributed by atoms with van der Waals surface area (Å²) in [6, 6.07) is 0.862. The Bertz CT molecular complexity index is 625. The molecule has 1 atom stereocenters. The molecule has 2 aromatic rings. The van der Waals surface area contributed by atoms with Crippen molar-refractivity contribution in [1.29, 1.82) is 0 Å². The number of hydrogen-bond donors (Lipinski definition) is 1. The number of aromatic nitrogens is 2. The van der Waals surface area contributed by atoms with E-state index >= 15 is 0 Å². The first kappa shape index (κ1) is 13.1. The van der Waals surface area contributed by atoms with Crippen molar-refractivity contribution >= 4 is 0 Å². The van der Waals surface area contributed by atoms with Crippen LogP contribution < -0.4 is 5.73 Å². The Kier molecular flexibility index (Phi) is 3.53. The molecule has 1 unspecified atom stereocenters. The summed E-state index contributed by atoms with van der Waals surface area (Å²) in [5.74, 6) is -1.97. The SMILES string of the molecule is C#CCC(N)c1nc(-c2cc(F)c(F)c(F)c2)no1. The van der Waals surface area contributed by atoms with Crippen molar-refractivity contribution in [1.82, 2.24) is 10.1 Å². The van der Waals surface area contributed by atoms with Crippen LogP contribution in [0.5, 0.6) is 0 Å². The summed E-state index contributed by atoms with van der Waals surface area (Å²) in [6.07, 6.45) is 5.25. The lowest BCUT2D eigenvalue weighted by Crippen LogP contribution is -2.09. The Morgan fingerprint density at radius 2 is 1.95 bits per heavy atom. The van der Waals surface area contributed by atoms with Crippen molar-refractivity contribution in [3.8, 4) is 23.7 Å². The summed E-state index contributed by atoms with van der Waals surface area (Å²) in [7, 11) is 0. The summed E-state index contributed by atoms with van der Waals surface area (Å²) in [5, 5.41) is 3.51. The minimum absolute atomic E-state index is 0.0399. The highest BCUT2D eigenvalue weighted by atomic mass is 19.2. The van der Waals surface area contributed by atoms with Gasteiger partial charge in [-0.1, -0.05) is 5.16 Å². The molecule has 19 heavy (non-hydrogen) atoms. The highest BCUT2D eigenvalue weighted by Gasteiger charge is 2.18. The van der Waals surface area contributed by atoms with Gasteiger partial charge in [0, 0.05) is 12.0 Å². The van der Waals surface area contributed by atoms with E-state index in [1.165, 1.54) is 0 Å². The zero-order valence-corrected chi connectivity index (χ0v) is 9.53. The Labute approximate surface area is 106 Å². The molecule has 1 aromatic carbocycles. The molecule has 0 aliphatic rings. The third-order valence-corrected chi connectivity index (χ3v) is 2.34. The summed E-state index contributed by atoms with van der Waals surface area (Å²) in [6.45, 7) is 0. The average Bonchev–Trinajstić information content (AvgIpc) is 2.85. The van der Waals surface area contributed by atoms with Gasteiger partial charge in [-0.15, -0.1) is 12.3 Å². The Hall–Kier alpha value is -2.33. The first-order chi connectivity index (χ1) is 9.02. The van der Waals surface area contributed by atoms with Crippen LogP contribution in [0.3, 0.4) is 0 Å². The molecule has 0 aliphatic carbocycles. The fraction of sp³-hybridized carbons (Fsp3) is 0.167. The summed E-state index contributed by atoms with van der Waals surface area (Å²) < 4.78 is 43.7. The fourth-order valence-corrected chi connectivity index (χ4v) is 1.40. The van der Waals surface area contributed by atoms with Crippen LogP contribution in [0, 0.1) is 29.8 Å². The molecule has 7 heteroatoms. The van der Waals surface area contributed by atoms with Crippen molar-refractivity contribution in [3.63, 3.8) is 0 Å². The third-order valence-electron chi connectivity index (χ3n) is 2.34. The monoisotopic (exact) mass is 267 g/mol. The van der Waals surface area contributed by atoms with E-state index in [-0.39, 0.29) is 23.7 Å². The topological polar surface area (TPSA) is 64.9 Å². The minimum Gasteiger partial charge on any atom is -0.337 e. The van der Waals surface area contributed by atoms with Crippen LogP contribution in [0.1, 0.15) is 18.4 Å². The summed E-state index contributed by atoms with van der Waals surface area (Å²) in [5.41, 5.74) is 5.58. The molecule has 0 amide bonds. The zero-order valence-electron chi connectivity index (χ0n) is 9.53. The van der Waals surface area contributed by atoms with Crippen LogP contribution in [0.25, 0.3) is 11.4 Å². The largest absolute Gasteiger partial charge is 0.337 e. The van der Waals surface area contributed by atoms with E-state index in [2.05, 4.69) is 16.1 Å². The van der Waals surface area contributed by atoms with E-state index in [0.29, 0.717) is 0 Å². The second-order valence-corrected chi connectivity index (χ2v) is 3.72. The standard InChI is InChI=1S/C12H8F3N3O/c1-2-3-9(16)12-17-11(18-19-12)6-4-7(13)10(15)8(14)5-6/h1,4-5,9H,3,16H2. The number of nitrogens with two attached hydrogens (primary N) is 1. The maximum atomic E-state index is 13.1. The van der Waals surface area contributed by atoms with Gasteiger partial charge in [-0.2, -0.15) is 4.98 Å². The fourth-order valence-electron chi connectivity index (χ4n) is 1.40. The molecule has 2 N–H and O–H groups in total. The lowest BCUT2D eigenvalue weighted by atomic mass is 10.2. The number of rotatable bonds is 3. The summed E-state index contributed by atoms with van der Waals surface area (Å²) in [4.78, 5) is 3.86. The van der Waals surface area contributed by atoms with Crippen LogP contribution >= 0.6 is 0 Å². The Morgan fingerprint density at radius 1 is 1.32 bits per heavy atom. The molecule has 0 aliphatic heterocycles. The lowest BCUT2D eigenvalue weighted by molar-refractivity contribution is 0.356.